The van der Waals surface area contributed by atoms with Crippen LogP contribution in [0, 0.1) is 10.1 Å². The molecule has 1 aromatic carbocycles. The summed E-state index contributed by atoms with van der Waals surface area (Å²) in [5.74, 6) is 0.525. The third-order valence-electron chi connectivity index (χ3n) is 4.00. The van der Waals surface area contributed by atoms with Gasteiger partial charge in [-0.1, -0.05) is 0 Å². The third kappa shape index (κ3) is 2.57. The highest BCUT2D eigenvalue weighted by molar-refractivity contribution is 7.89. The quantitative estimate of drug-likeness (QED) is 0.562. The highest BCUT2D eigenvalue weighted by Crippen LogP contribution is 2.31. The van der Waals surface area contributed by atoms with Gasteiger partial charge in [-0.25, -0.2) is 8.42 Å². The molecule has 0 saturated carbocycles. The van der Waals surface area contributed by atoms with Crippen LogP contribution in [0.3, 0.4) is 0 Å². The summed E-state index contributed by atoms with van der Waals surface area (Å²) >= 11 is 0. The van der Waals surface area contributed by atoms with E-state index >= 15 is 0 Å². The van der Waals surface area contributed by atoms with Gasteiger partial charge in [0.25, 0.3) is 5.69 Å². The fourth-order valence-corrected chi connectivity index (χ4v) is 3.98. The maximum Gasteiger partial charge on any atom is 0.271 e. The zero-order chi connectivity index (χ0) is 17.5. The van der Waals surface area contributed by atoms with Crippen LogP contribution in [0.1, 0.15) is 18.7 Å². The van der Waals surface area contributed by atoms with E-state index in [1.54, 1.807) is 19.1 Å². The molecule has 0 radical (unpaired) electrons. The van der Waals surface area contributed by atoms with E-state index in [-0.39, 0.29) is 10.6 Å². The van der Waals surface area contributed by atoms with Crippen molar-refractivity contribution in [3.8, 4) is 0 Å². The van der Waals surface area contributed by atoms with E-state index in [1.165, 1.54) is 42.0 Å². The number of nitrogens with zero attached hydrogens (tertiary/aromatic N) is 2. The zero-order valence-electron chi connectivity index (χ0n) is 13.0. The predicted octanol–water partition coefficient (Wildman–Crippen LogP) is 3.05. The summed E-state index contributed by atoms with van der Waals surface area (Å²) in [6.07, 6.45) is 2.83. The minimum atomic E-state index is -3.81. The minimum absolute atomic E-state index is 0.0632. The third-order valence-corrected chi connectivity index (χ3v) is 5.96. The van der Waals surface area contributed by atoms with Gasteiger partial charge in [-0.3, -0.25) is 10.1 Å². The summed E-state index contributed by atoms with van der Waals surface area (Å²) in [4.78, 5) is 13.2. The predicted molar refractivity (Wildman–Crippen MR) is 87.0 cm³/mol. The molecule has 126 valence electrons. The molecule has 0 saturated heterocycles. The molecule has 1 atom stereocenters. The summed E-state index contributed by atoms with van der Waals surface area (Å²) in [5, 5.41) is 11.2. The van der Waals surface area contributed by atoms with Crippen LogP contribution in [0.15, 0.2) is 52.1 Å². The lowest BCUT2D eigenvalue weighted by atomic mass is 10.2. The van der Waals surface area contributed by atoms with Crippen LogP contribution < -0.4 is 0 Å². The Morgan fingerprint density at radius 1 is 1.33 bits per heavy atom. The molecule has 24 heavy (non-hydrogen) atoms. The van der Waals surface area contributed by atoms with E-state index in [0.29, 0.717) is 16.7 Å². The lowest BCUT2D eigenvalue weighted by Gasteiger charge is -2.22. The second-order valence-corrected chi connectivity index (χ2v) is 7.32. The van der Waals surface area contributed by atoms with Crippen molar-refractivity contribution in [3.63, 3.8) is 0 Å². The molecule has 3 rings (SSSR count). The lowest BCUT2D eigenvalue weighted by Crippen LogP contribution is -2.29. The summed E-state index contributed by atoms with van der Waals surface area (Å²) in [7, 11) is -2.34. The smallest absolute Gasteiger partial charge is 0.271 e. The first-order chi connectivity index (χ1) is 11.3. The second kappa shape index (κ2) is 5.77. The summed E-state index contributed by atoms with van der Waals surface area (Å²) in [6, 6.07) is 6.93. The number of fused-ring (bicyclic) bond motifs is 1. The molecular formula is C15H15N3O5S. The van der Waals surface area contributed by atoms with Gasteiger partial charge in [0.2, 0.25) is 10.0 Å². The number of aromatic nitrogens is 1. The van der Waals surface area contributed by atoms with E-state index in [9.17, 15) is 18.5 Å². The Morgan fingerprint density at radius 3 is 2.71 bits per heavy atom. The largest absolute Gasteiger partial charge is 0.468 e. The number of rotatable bonds is 5. The van der Waals surface area contributed by atoms with Crippen LogP contribution in [-0.4, -0.2) is 29.7 Å². The van der Waals surface area contributed by atoms with Gasteiger partial charge in [-0.05, 0) is 25.1 Å². The van der Waals surface area contributed by atoms with Gasteiger partial charge in [0.1, 0.15) is 10.7 Å². The van der Waals surface area contributed by atoms with Gasteiger partial charge >= 0.3 is 0 Å². The van der Waals surface area contributed by atoms with Gasteiger partial charge in [-0.15, -0.1) is 0 Å². The van der Waals surface area contributed by atoms with Crippen molar-refractivity contribution in [2.75, 3.05) is 7.05 Å². The van der Waals surface area contributed by atoms with Gasteiger partial charge in [0.05, 0.1) is 22.7 Å². The van der Waals surface area contributed by atoms with Gasteiger partial charge < -0.3 is 9.40 Å². The first kappa shape index (κ1) is 16.2. The average molecular weight is 349 g/mol. The molecule has 2 aromatic heterocycles. The van der Waals surface area contributed by atoms with Gasteiger partial charge in [0.15, 0.2) is 0 Å². The molecule has 2 heterocycles. The maximum absolute atomic E-state index is 12.9. The van der Waals surface area contributed by atoms with Gasteiger partial charge in [0, 0.05) is 30.8 Å². The highest BCUT2D eigenvalue weighted by Gasteiger charge is 2.30. The molecule has 3 aromatic rings. The maximum atomic E-state index is 12.9. The van der Waals surface area contributed by atoms with Crippen LogP contribution in [0.5, 0.6) is 0 Å². The van der Waals surface area contributed by atoms with Crippen LogP contribution in [0.2, 0.25) is 0 Å². The topological polar surface area (TPSA) is 109 Å². The fourth-order valence-electron chi connectivity index (χ4n) is 2.49. The van der Waals surface area contributed by atoms with Gasteiger partial charge in [-0.2, -0.15) is 4.31 Å². The van der Waals surface area contributed by atoms with Crippen molar-refractivity contribution < 1.29 is 17.8 Å². The summed E-state index contributed by atoms with van der Waals surface area (Å²) in [6.45, 7) is 1.72. The van der Waals surface area contributed by atoms with Crippen molar-refractivity contribution in [1.29, 1.82) is 0 Å². The molecule has 0 aliphatic heterocycles. The number of hydrogen-bond acceptors (Lipinski definition) is 5. The van der Waals surface area contributed by atoms with Crippen LogP contribution >= 0.6 is 0 Å². The molecule has 0 bridgehead atoms. The number of furan rings is 1. The van der Waals surface area contributed by atoms with E-state index < -0.39 is 21.0 Å². The Labute approximate surface area is 137 Å². The number of sulfonamides is 1. The number of nitrogens with one attached hydrogen (secondary N) is 1. The number of aromatic amines is 1. The number of H-pyrrole nitrogens is 1. The molecule has 8 nitrogen and oxygen atoms in total. The van der Waals surface area contributed by atoms with Crippen molar-refractivity contribution >= 4 is 26.6 Å². The zero-order valence-corrected chi connectivity index (χ0v) is 13.8. The Hall–Kier alpha value is -2.65. The van der Waals surface area contributed by atoms with E-state index in [4.69, 9.17) is 4.42 Å². The molecule has 1 N–H and O–H groups in total. The summed E-state index contributed by atoms with van der Waals surface area (Å²) < 4.78 is 32.3. The Balaban J connectivity index is 2.03. The first-order valence-corrected chi connectivity index (χ1v) is 8.53. The molecule has 0 fully saturated rings. The summed E-state index contributed by atoms with van der Waals surface area (Å²) in [5.41, 5.74) is 0.285. The molecular weight excluding hydrogens is 334 g/mol. The molecule has 0 aliphatic carbocycles. The molecule has 0 amide bonds. The Kier molecular flexibility index (Phi) is 3.90. The van der Waals surface area contributed by atoms with Crippen molar-refractivity contribution in [2.24, 2.45) is 0 Å². The Bertz CT molecular complexity index is 991. The van der Waals surface area contributed by atoms with Crippen molar-refractivity contribution in [1.82, 2.24) is 9.29 Å². The monoisotopic (exact) mass is 349 g/mol. The van der Waals surface area contributed by atoms with Crippen molar-refractivity contribution in [3.05, 3.63) is 58.7 Å². The van der Waals surface area contributed by atoms with Crippen LogP contribution in [0.25, 0.3) is 10.9 Å². The fraction of sp³-hybridized carbons (Fsp3) is 0.200. The van der Waals surface area contributed by atoms with Crippen LogP contribution in [-0.2, 0) is 10.0 Å². The molecule has 9 heteroatoms. The van der Waals surface area contributed by atoms with E-state index in [0.717, 1.165) is 0 Å². The molecule has 0 spiro atoms. The Morgan fingerprint density at radius 2 is 2.08 bits per heavy atom. The lowest BCUT2D eigenvalue weighted by molar-refractivity contribution is -0.384. The number of non-ortho nitro benzene ring substituents is 1. The van der Waals surface area contributed by atoms with Crippen LogP contribution in [0.4, 0.5) is 5.69 Å². The molecule has 0 aliphatic rings. The SMILES string of the molecule is C[C@@H](c1ccco1)N(C)S(=O)(=O)c1c[nH]c2cc([N+](=O)[O-])ccc12. The highest BCUT2D eigenvalue weighted by atomic mass is 32.2. The average Bonchev–Trinajstić information content (AvgIpc) is 3.22. The number of benzene rings is 1. The number of nitro benzene ring substituents is 1. The van der Waals surface area contributed by atoms with E-state index in [1.807, 2.05) is 0 Å². The first-order valence-electron chi connectivity index (χ1n) is 7.09. The molecule has 0 unspecified atom stereocenters. The van der Waals surface area contributed by atoms with E-state index in [2.05, 4.69) is 4.98 Å². The van der Waals surface area contributed by atoms with Crippen molar-refractivity contribution in [2.45, 2.75) is 17.9 Å². The number of hydrogen-bond donors (Lipinski definition) is 1. The minimum Gasteiger partial charge on any atom is -0.468 e. The normalized spacial score (nSPS) is 13.5. The number of nitro groups is 1. The standard InChI is InChI=1S/C15H15N3O5S/c1-10(14-4-3-7-23-14)17(2)24(21,22)15-9-16-13-8-11(18(19)20)5-6-12(13)15/h3-10,16H,1-2H3/t10-/m0/s1. The second-order valence-electron chi connectivity index (χ2n) is 5.35.